The lowest BCUT2D eigenvalue weighted by Crippen LogP contribution is -2.14. The summed E-state index contributed by atoms with van der Waals surface area (Å²) in [6.07, 6.45) is 1.60. The molecule has 1 N–H and O–H groups in total. The predicted octanol–water partition coefficient (Wildman–Crippen LogP) is 3.77. The van der Waals surface area contributed by atoms with Crippen molar-refractivity contribution in [3.8, 4) is 0 Å². The van der Waals surface area contributed by atoms with Gasteiger partial charge in [0.1, 0.15) is 11.6 Å². The molecule has 0 saturated carbocycles. The van der Waals surface area contributed by atoms with Crippen molar-refractivity contribution in [2.45, 2.75) is 0 Å². The highest BCUT2D eigenvalue weighted by Gasteiger charge is 2.14. The van der Waals surface area contributed by atoms with Gasteiger partial charge in [0.15, 0.2) is 0 Å². The van der Waals surface area contributed by atoms with Crippen molar-refractivity contribution in [2.75, 3.05) is 5.32 Å². The summed E-state index contributed by atoms with van der Waals surface area (Å²) in [6, 6.07) is 11.6. The maximum Gasteiger partial charge on any atom is 0.258 e. The molecule has 0 atom stereocenters. The Morgan fingerprint density at radius 2 is 1.86 bits per heavy atom. The van der Waals surface area contributed by atoms with Crippen LogP contribution in [0.15, 0.2) is 54.7 Å². The Kier molecular flexibility index (Phi) is 3.31. The van der Waals surface area contributed by atoms with Gasteiger partial charge in [0.25, 0.3) is 5.91 Å². The van der Waals surface area contributed by atoms with Crippen molar-refractivity contribution in [2.24, 2.45) is 0 Å². The minimum Gasteiger partial charge on any atom is -0.320 e. The number of hydrogen-bond donors (Lipinski definition) is 1. The van der Waals surface area contributed by atoms with Gasteiger partial charge in [-0.2, -0.15) is 0 Å². The van der Waals surface area contributed by atoms with Gasteiger partial charge in [0.2, 0.25) is 0 Å². The molecular formula is C16H10F2N2O. The van der Waals surface area contributed by atoms with Gasteiger partial charge in [0, 0.05) is 11.6 Å². The number of fused-ring (bicyclic) bond motifs is 1. The normalized spacial score (nSPS) is 10.6. The molecule has 2 aromatic carbocycles. The smallest absolute Gasteiger partial charge is 0.258 e. The number of amides is 1. The zero-order chi connectivity index (χ0) is 14.8. The zero-order valence-corrected chi connectivity index (χ0v) is 10.8. The fourth-order valence-corrected chi connectivity index (χ4v) is 2.07. The lowest BCUT2D eigenvalue weighted by molar-refractivity contribution is 0.102. The Morgan fingerprint density at radius 1 is 1.05 bits per heavy atom. The van der Waals surface area contributed by atoms with Gasteiger partial charge < -0.3 is 5.32 Å². The third-order valence-electron chi connectivity index (χ3n) is 3.05. The van der Waals surface area contributed by atoms with Crippen molar-refractivity contribution in [3.63, 3.8) is 0 Å². The van der Waals surface area contributed by atoms with E-state index >= 15 is 0 Å². The van der Waals surface area contributed by atoms with Crippen molar-refractivity contribution in [3.05, 3.63) is 71.9 Å². The van der Waals surface area contributed by atoms with E-state index in [-0.39, 0.29) is 5.56 Å². The fourth-order valence-electron chi connectivity index (χ4n) is 2.07. The molecule has 3 nitrogen and oxygen atoms in total. The van der Waals surface area contributed by atoms with Gasteiger partial charge in [-0.3, -0.25) is 9.78 Å². The Morgan fingerprint density at radius 3 is 2.71 bits per heavy atom. The van der Waals surface area contributed by atoms with Crippen LogP contribution in [0.2, 0.25) is 0 Å². The predicted molar refractivity (Wildman–Crippen MR) is 76.1 cm³/mol. The van der Waals surface area contributed by atoms with Crippen LogP contribution in [0.5, 0.6) is 0 Å². The summed E-state index contributed by atoms with van der Waals surface area (Å²) in [6.45, 7) is 0. The van der Waals surface area contributed by atoms with Gasteiger partial charge >= 0.3 is 0 Å². The summed E-state index contributed by atoms with van der Waals surface area (Å²) in [7, 11) is 0. The first-order valence-corrected chi connectivity index (χ1v) is 6.25. The molecule has 0 saturated heterocycles. The minimum atomic E-state index is -0.776. The summed E-state index contributed by atoms with van der Waals surface area (Å²) >= 11 is 0. The number of rotatable bonds is 2. The molecule has 21 heavy (non-hydrogen) atoms. The second kappa shape index (κ2) is 5.28. The molecule has 0 bridgehead atoms. The lowest BCUT2D eigenvalue weighted by atomic mass is 10.1. The van der Waals surface area contributed by atoms with Crippen LogP contribution >= 0.6 is 0 Å². The summed E-state index contributed by atoms with van der Waals surface area (Å²) in [5.41, 5.74) is 0.690. The van der Waals surface area contributed by atoms with E-state index in [9.17, 15) is 13.6 Å². The summed E-state index contributed by atoms with van der Waals surface area (Å²) in [4.78, 5) is 16.3. The van der Waals surface area contributed by atoms with Crippen LogP contribution in [0.1, 0.15) is 10.4 Å². The van der Waals surface area contributed by atoms with Crippen LogP contribution in [0.4, 0.5) is 14.5 Å². The van der Waals surface area contributed by atoms with Crippen LogP contribution in [-0.4, -0.2) is 10.9 Å². The van der Waals surface area contributed by atoms with Crippen LogP contribution in [0.25, 0.3) is 10.9 Å². The lowest BCUT2D eigenvalue weighted by Gasteiger charge is -2.08. The van der Waals surface area contributed by atoms with Crippen LogP contribution in [0, 0.1) is 11.6 Å². The molecule has 0 aliphatic rings. The number of aromatic nitrogens is 1. The maximum atomic E-state index is 13.6. The number of nitrogens with zero attached hydrogens (tertiary/aromatic N) is 1. The quantitative estimate of drug-likeness (QED) is 0.778. The number of carbonyl (C=O) groups excluding carboxylic acids is 1. The highest BCUT2D eigenvalue weighted by Crippen LogP contribution is 2.21. The number of carbonyl (C=O) groups is 1. The van der Waals surface area contributed by atoms with E-state index < -0.39 is 17.5 Å². The third-order valence-corrected chi connectivity index (χ3v) is 3.05. The van der Waals surface area contributed by atoms with E-state index in [1.807, 2.05) is 12.1 Å². The van der Waals surface area contributed by atoms with Gasteiger partial charge in [0.05, 0.1) is 16.8 Å². The van der Waals surface area contributed by atoms with Crippen LogP contribution < -0.4 is 5.32 Å². The molecular weight excluding hydrogens is 274 g/mol. The molecule has 1 heterocycles. The Bertz CT molecular complexity index is 828. The Balaban J connectivity index is 1.99. The van der Waals surface area contributed by atoms with Crippen LogP contribution in [0.3, 0.4) is 0 Å². The summed E-state index contributed by atoms with van der Waals surface area (Å²) in [5, 5.41) is 3.40. The molecule has 0 aliphatic heterocycles. The molecule has 0 aliphatic carbocycles. The minimum absolute atomic E-state index is 0.345. The molecule has 3 aromatic rings. The second-order valence-corrected chi connectivity index (χ2v) is 4.46. The molecule has 0 unspecified atom stereocenters. The van der Waals surface area contributed by atoms with Gasteiger partial charge in [-0.25, -0.2) is 8.78 Å². The monoisotopic (exact) mass is 284 g/mol. The molecule has 3 rings (SSSR count). The summed E-state index contributed by atoms with van der Waals surface area (Å²) < 4.78 is 26.7. The molecule has 1 aromatic heterocycles. The van der Waals surface area contributed by atoms with E-state index in [0.29, 0.717) is 11.2 Å². The first kappa shape index (κ1) is 13.2. The average molecular weight is 284 g/mol. The number of nitrogens with one attached hydrogen (secondary N) is 1. The SMILES string of the molecule is O=C(Nc1cccc2cccnc12)c1cc(F)ccc1F. The van der Waals surface area contributed by atoms with Gasteiger partial charge in [-0.15, -0.1) is 0 Å². The number of pyridine rings is 1. The second-order valence-electron chi connectivity index (χ2n) is 4.46. The maximum absolute atomic E-state index is 13.6. The summed E-state index contributed by atoms with van der Waals surface area (Å²) in [5.74, 6) is -2.16. The zero-order valence-electron chi connectivity index (χ0n) is 10.8. The van der Waals surface area contributed by atoms with E-state index in [1.165, 1.54) is 0 Å². The van der Waals surface area contributed by atoms with E-state index in [1.54, 1.807) is 24.4 Å². The van der Waals surface area contributed by atoms with Crippen molar-refractivity contribution in [1.29, 1.82) is 0 Å². The first-order valence-electron chi connectivity index (χ1n) is 6.25. The van der Waals surface area contributed by atoms with Crippen LogP contribution in [-0.2, 0) is 0 Å². The number of anilines is 1. The standard InChI is InChI=1S/C16H10F2N2O/c17-11-6-7-13(18)12(9-11)16(21)20-14-5-1-3-10-4-2-8-19-15(10)14/h1-9H,(H,20,21). The highest BCUT2D eigenvalue weighted by atomic mass is 19.1. The fraction of sp³-hybridized carbons (Fsp3) is 0. The van der Waals surface area contributed by atoms with Gasteiger partial charge in [-0.05, 0) is 30.3 Å². The number of hydrogen-bond acceptors (Lipinski definition) is 2. The van der Waals surface area contributed by atoms with Crippen molar-refractivity contribution in [1.82, 2.24) is 4.98 Å². The number of halogens is 2. The van der Waals surface area contributed by atoms with E-state index in [0.717, 1.165) is 23.6 Å². The Hall–Kier alpha value is -2.82. The first-order chi connectivity index (χ1) is 10.1. The van der Waals surface area contributed by atoms with Crippen molar-refractivity contribution >= 4 is 22.5 Å². The average Bonchev–Trinajstić information content (AvgIpc) is 2.50. The molecule has 0 fully saturated rings. The van der Waals surface area contributed by atoms with Crippen molar-refractivity contribution < 1.29 is 13.6 Å². The largest absolute Gasteiger partial charge is 0.320 e. The highest BCUT2D eigenvalue weighted by molar-refractivity contribution is 6.08. The molecule has 0 radical (unpaired) electrons. The molecule has 104 valence electrons. The molecule has 5 heteroatoms. The van der Waals surface area contributed by atoms with Gasteiger partial charge in [-0.1, -0.05) is 18.2 Å². The van der Waals surface area contributed by atoms with E-state index in [2.05, 4.69) is 10.3 Å². The number of para-hydroxylation sites is 1. The van der Waals surface area contributed by atoms with E-state index in [4.69, 9.17) is 0 Å². The topological polar surface area (TPSA) is 42.0 Å². The molecule has 1 amide bonds. The Labute approximate surface area is 119 Å². The number of benzene rings is 2. The molecule has 0 spiro atoms. The third kappa shape index (κ3) is 2.58.